The van der Waals surface area contributed by atoms with Gasteiger partial charge in [0.1, 0.15) is 0 Å². The fourth-order valence-electron chi connectivity index (χ4n) is 0.307. The van der Waals surface area contributed by atoms with E-state index >= 15 is 0 Å². The van der Waals surface area contributed by atoms with Gasteiger partial charge in [-0.05, 0) is 13.3 Å². The van der Waals surface area contributed by atoms with Gasteiger partial charge >= 0.3 is 0 Å². The molecule has 3 heteroatoms. The van der Waals surface area contributed by atoms with Gasteiger partial charge in [-0.25, -0.2) is 0 Å². The van der Waals surface area contributed by atoms with Crippen LogP contribution in [-0.2, 0) is 0 Å². The molecule has 4 radical (unpaired) electrons. The molecular formula is C5H8B2O. The molecule has 0 saturated carbocycles. The second-order valence-electron chi connectivity index (χ2n) is 1.79. The van der Waals surface area contributed by atoms with Crippen LogP contribution in [0.15, 0.2) is 11.4 Å². The highest BCUT2D eigenvalue weighted by molar-refractivity contribution is 6.48. The maximum Gasteiger partial charge on any atom is 0.0918 e. The van der Waals surface area contributed by atoms with E-state index in [2.05, 4.69) is 0 Å². The van der Waals surface area contributed by atoms with Crippen molar-refractivity contribution in [2.24, 2.45) is 0 Å². The van der Waals surface area contributed by atoms with Crippen LogP contribution in [-0.4, -0.2) is 26.9 Å². The van der Waals surface area contributed by atoms with E-state index in [1.165, 1.54) is 0 Å². The Morgan fingerprint density at radius 1 is 1.75 bits per heavy atom. The number of rotatable bonds is 2. The van der Waals surface area contributed by atoms with E-state index < -0.39 is 0 Å². The molecule has 0 aromatic rings. The van der Waals surface area contributed by atoms with E-state index in [0.29, 0.717) is 6.42 Å². The average Bonchev–Trinajstić information content (AvgIpc) is 1.61. The molecular weight excluding hydrogens is 97.7 g/mol. The minimum Gasteiger partial charge on any atom is -0.393 e. The molecule has 0 heterocycles. The maximum atomic E-state index is 8.65. The van der Waals surface area contributed by atoms with Crippen LogP contribution in [0.2, 0.25) is 0 Å². The molecule has 40 valence electrons. The average molecular weight is 106 g/mol. The van der Waals surface area contributed by atoms with Crippen molar-refractivity contribution in [2.45, 2.75) is 19.4 Å². The molecule has 1 N–H and O–H groups in total. The summed E-state index contributed by atoms with van der Waals surface area (Å²) in [5.74, 6) is 0. The third-order valence-electron chi connectivity index (χ3n) is 0.695. The summed E-state index contributed by atoms with van der Waals surface area (Å²) in [6.45, 7) is 1.68. The third-order valence-corrected chi connectivity index (χ3v) is 0.695. The van der Waals surface area contributed by atoms with Crippen LogP contribution in [0.25, 0.3) is 0 Å². The second-order valence-corrected chi connectivity index (χ2v) is 1.79. The quantitative estimate of drug-likeness (QED) is 0.488. The van der Waals surface area contributed by atoms with Crippen molar-refractivity contribution in [3.8, 4) is 0 Å². The normalized spacial score (nSPS) is 12.8. The van der Waals surface area contributed by atoms with Crippen molar-refractivity contribution in [3.05, 3.63) is 11.4 Å². The monoisotopic (exact) mass is 106 g/mol. The van der Waals surface area contributed by atoms with Crippen molar-refractivity contribution >= 4 is 15.7 Å². The second kappa shape index (κ2) is 3.79. The van der Waals surface area contributed by atoms with Gasteiger partial charge < -0.3 is 5.11 Å². The smallest absolute Gasteiger partial charge is 0.0918 e. The Labute approximate surface area is 52.6 Å². The molecule has 1 atom stereocenters. The fourth-order valence-corrected chi connectivity index (χ4v) is 0.307. The summed E-state index contributed by atoms with van der Waals surface area (Å²) >= 11 is 0. The Bertz CT molecular complexity index is 84.4. The molecule has 0 spiro atoms. The lowest BCUT2D eigenvalue weighted by Gasteiger charge is -1.96. The highest BCUT2D eigenvalue weighted by atomic mass is 16.3. The molecule has 0 aliphatic carbocycles. The standard InChI is InChI=1S/C5H8B2O/c1-4(8)2-3-5(6)7/h3-4,8H,2H2,1H3/t4-/m0/s1. The molecule has 0 bridgehead atoms. The minimum absolute atomic E-state index is 0.269. The Kier molecular flexibility index (Phi) is 3.71. The van der Waals surface area contributed by atoms with E-state index in [0.717, 1.165) is 0 Å². The molecule has 0 aromatic heterocycles. The van der Waals surface area contributed by atoms with Crippen molar-refractivity contribution in [2.75, 3.05) is 0 Å². The molecule has 0 aromatic carbocycles. The zero-order valence-corrected chi connectivity index (χ0v) is 4.96. The molecule has 0 amide bonds. The lowest BCUT2D eigenvalue weighted by molar-refractivity contribution is 0.198. The third kappa shape index (κ3) is 5.83. The molecule has 0 unspecified atom stereocenters. The van der Waals surface area contributed by atoms with Gasteiger partial charge in [0.05, 0.1) is 21.8 Å². The lowest BCUT2D eigenvalue weighted by atomic mass is 9.78. The number of aliphatic hydroxyl groups is 1. The summed E-state index contributed by atoms with van der Waals surface area (Å²) in [7, 11) is 10.1. The van der Waals surface area contributed by atoms with Crippen LogP contribution in [0.3, 0.4) is 0 Å². The minimum atomic E-state index is -0.350. The molecule has 0 aliphatic rings. The number of aliphatic hydroxyl groups excluding tert-OH is 1. The van der Waals surface area contributed by atoms with Crippen molar-refractivity contribution < 1.29 is 5.11 Å². The summed E-state index contributed by atoms with van der Waals surface area (Å²) < 4.78 is 0. The van der Waals surface area contributed by atoms with Gasteiger partial charge in [-0.1, -0.05) is 0 Å². The fraction of sp³-hybridized carbons (Fsp3) is 0.600. The van der Waals surface area contributed by atoms with Crippen molar-refractivity contribution in [1.82, 2.24) is 0 Å². The number of hydrogen-bond acceptors (Lipinski definition) is 1. The van der Waals surface area contributed by atoms with Crippen molar-refractivity contribution in [3.63, 3.8) is 0 Å². The van der Waals surface area contributed by atoms with Crippen molar-refractivity contribution in [1.29, 1.82) is 0 Å². The first kappa shape index (κ1) is 7.83. The zero-order chi connectivity index (χ0) is 6.57. The Morgan fingerprint density at radius 3 is 2.38 bits per heavy atom. The van der Waals surface area contributed by atoms with Crippen LogP contribution in [0.5, 0.6) is 0 Å². The lowest BCUT2D eigenvalue weighted by Crippen LogP contribution is -1.96. The molecule has 0 fully saturated rings. The predicted molar refractivity (Wildman–Crippen MR) is 35.9 cm³/mol. The summed E-state index contributed by atoms with van der Waals surface area (Å²) in [5.41, 5.74) is 0. The molecule has 1 nitrogen and oxygen atoms in total. The van der Waals surface area contributed by atoms with Crippen LogP contribution >= 0.6 is 0 Å². The first-order valence-electron chi connectivity index (χ1n) is 2.52. The summed E-state index contributed by atoms with van der Waals surface area (Å²) in [4.78, 5) is 0. The van der Waals surface area contributed by atoms with Crippen LogP contribution in [0.4, 0.5) is 0 Å². The van der Waals surface area contributed by atoms with Gasteiger partial charge in [0.25, 0.3) is 0 Å². The summed E-state index contributed by atoms with van der Waals surface area (Å²) in [6, 6.07) is 0. The van der Waals surface area contributed by atoms with E-state index in [-0.39, 0.29) is 11.5 Å². The maximum absolute atomic E-state index is 8.65. The first-order valence-corrected chi connectivity index (χ1v) is 2.52. The van der Waals surface area contributed by atoms with E-state index in [1.807, 2.05) is 0 Å². The molecule has 0 rings (SSSR count). The van der Waals surface area contributed by atoms with E-state index in [1.54, 1.807) is 13.0 Å². The van der Waals surface area contributed by atoms with Crippen LogP contribution in [0, 0.1) is 0 Å². The van der Waals surface area contributed by atoms with Crippen LogP contribution < -0.4 is 0 Å². The summed E-state index contributed by atoms with van der Waals surface area (Å²) in [6.07, 6.45) is 1.77. The van der Waals surface area contributed by atoms with Crippen LogP contribution in [0.1, 0.15) is 13.3 Å². The Hall–Kier alpha value is -0.170. The van der Waals surface area contributed by atoms with Gasteiger partial charge in [0.15, 0.2) is 0 Å². The van der Waals surface area contributed by atoms with Gasteiger partial charge in [-0.3, -0.25) is 0 Å². The summed E-state index contributed by atoms with van der Waals surface area (Å²) in [5, 5.41) is 8.91. The largest absolute Gasteiger partial charge is 0.393 e. The zero-order valence-electron chi connectivity index (χ0n) is 4.96. The SMILES string of the molecule is [B]C([B])=CC[C@H](C)O. The van der Waals surface area contributed by atoms with E-state index in [4.69, 9.17) is 20.8 Å². The molecule has 8 heavy (non-hydrogen) atoms. The Morgan fingerprint density at radius 2 is 2.25 bits per heavy atom. The van der Waals surface area contributed by atoms with Gasteiger partial charge in [-0.15, -0.1) is 6.08 Å². The van der Waals surface area contributed by atoms with E-state index in [9.17, 15) is 0 Å². The Balaban J connectivity index is 3.29. The first-order chi connectivity index (χ1) is 3.63. The molecule has 0 aliphatic heterocycles. The molecule has 0 saturated heterocycles. The highest BCUT2D eigenvalue weighted by Crippen LogP contribution is 1.91. The van der Waals surface area contributed by atoms with Gasteiger partial charge in [0.2, 0.25) is 0 Å². The highest BCUT2D eigenvalue weighted by Gasteiger charge is 1.87. The number of hydrogen-bond donors (Lipinski definition) is 1. The van der Waals surface area contributed by atoms with Gasteiger partial charge in [-0.2, -0.15) is 5.37 Å². The predicted octanol–water partition coefficient (Wildman–Crippen LogP) is -0.0643. The topological polar surface area (TPSA) is 20.2 Å². The van der Waals surface area contributed by atoms with Gasteiger partial charge in [0, 0.05) is 0 Å².